The molecule has 1 aromatic carbocycles. The van der Waals surface area contributed by atoms with Gasteiger partial charge in [-0.2, -0.15) is 5.10 Å². The number of carbonyl (C=O) groups is 2. The van der Waals surface area contributed by atoms with E-state index < -0.39 is 0 Å². The molecule has 0 saturated heterocycles. The smallest absolute Gasteiger partial charge is 0.254 e. The summed E-state index contributed by atoms with van der Waals surface area (Å²) in [4.78, 5) is 28.4. The van der Waals surface area contributed by atoms with Crippen LogP contribution in [-0.4, -0.2) is 66.3 Å². The number of aromatic nitrogens is 2. The lowest BCUT2D eigenvalue weighted by Crippen LogP contribution is -2.30. The van der Waals surface area contributed by atoms with Gasteiger partial charge in [0.25, 0.3) is 5.91 Å². The molecule has 2 heterocycles. The minimum atomic E-state index is -0.00508. The van der Waals surface area contributed by atoms with Gasteiger partial charge >= 0.3 is 0 Å². The summed E-state index contributed by atoms with van der Waals surface area (Å²) in [7, 11) is 1.66. The molecule has 1 amide bonds. The van der Waals surface area contributed by atoms with Crippen LogP contribution in [0.2, 0.25) is 0 Å². The van der Waals surface area contributed by atoms with Gasteiger partial charge in [-0.1, -0.05) is 25.0 Å². The molecular formula is C26H31N3O4. The molecule has 2 aromatic rings. The number of aryl methyl sites for hydroxylation is 1. The Labute approximate surface area is 193 Å². The number of ether oxygens (including phenoxy) is 2. The van der Waals surface area contributed by atoms with Crippen molar-refractivity contribution in [1.29, 1.82) is 0 Å². The molecule has 1 fully saturated rings. The number of hydrogen-bond donors (Lipinski definition) is 1. The fraction of sp³-hybridized carbons (Fsp3) is 0.500. The van der Waals surface area contributed by atoms with Crippen LogP contribution in [-0.2, 0) is 9.47 Å². The maximum absolute atomic E-state index is 13.5. The lowest BCUT2D eigenvalue weighted by atomic mass is 9.96. The number of fused-ring (bicyclic) bond motifs is 1. The highest BCUT2D eigenvalue weighted by Crippen LogP contribution is 2.32. The Morgan fingerprint density at radius 3 is 2.79 bits per heavy atom. The molecule has 5 rings (SSSR count). The summed E-state index contributed by atoms with van der Waals surface area (Å²) in [5.41, 5.74) is 5.27. The topological polar surface area (TPSA) is 84.5 Å². The molecule has 7 nitrogen and oxygen atoms in total. The predicted molar refractivity (Wildman–Crippen MR) is 125 cm³/mol. The Morgan fingerprint density at radius 1 is 1.18 bits per heavy atom. The third kappa shape index (κ3) is 4.27. The van der Waals surface area contributed by atoms with Crippen molar-refractivity contribution in [3.8, 4) is 0 Å². The number of nitrogens with one attached hydrogen (secondary N) is 1. The molecule has 2 aliphatic carbocycles. The van der Waals surface area contributed by atoms with Crippen molar-refractivity contribution >= 4 is 22.6 Å². The molecule has 1 unspecified atom stereocenters. The number of H-pyrrole nitrogens is 1. The molecule has 0 bridgehead atoms. The zero-order valence-corrected chi connectivity index (χ0v) is 19.4. The number of rotatable bonds is 7. The van der Waals surface area contributed by atoms with Crippen LogP contribution in [0.15, 0.2) is 35.4 Å². The van der Waals surface area contributed by atoms with Crippen molar-refractivity contribution < 1.29 is 19.1 Å². The van der Waals surface area contributed by atoms with Crippen LogP contribution in [0.3, 0.4) is 0 Å². The fourth-order valence-corrected chi connectivity index (χ4v) is 5.29. The first-order valence-electron chi connectivity index (χ1n) is 11.9. The van der Waals surface area contributed by atoms with Crippen molar-refractivity contribution in [3.63, 3.8) is 0 Å². The monoisotopic (exact) mass is 449 g/mol. The fourth-order valence-electron chi connectivity index (χ4n) is 5.29. The summed E-state index contributed by atoms with van der Waals surface area (Å²) < 4.78 is 10.9. The Balaban J connectivity index is 1.33. The maximum Gasteiger partial charge on any atom is 0.254 e. The summed E-state index contributed by atoms with van der Waals surface area (Å²) in [6.07, 6.45) is 9.06. The number of nitrogens with zero attached hydrogens (tertiary/aromatic N) is 2. The second-order valence-corrected chi connectivity index (χ2v) is 9.39. The van der Waals surface area contributed by atoms with Crippen LogP contribution in [0.4, 0.5) is 0 Å². The molecule has 1 N–H and O–H groups in total. The minimum absolute atomic E-state index is 0.00508. The maximum atomic E-state index is 13.5. The van der Waals surface area contributed by atoms with Crippen molar-refractivity contribution in [2.45, 2.75) is 45.1 Å². The molecule has 1 atom stereocenters. The van der Waals surface area contributed by atoms with Gasteiger partial charge in [0.05, 0.1) is 24.8 Å². The molecule has 174 valence electrons. The highest BCUT2D eigenvalue weighted by atomic mass is 16.5. The van der Waals surface area contributed by atoms with Gasteiger partial charge in [0.1, 0.15) is 5.69 Å². The van der Waals surface area contributed by atoms with E-state index in [9.17, 15) is 9.59 Å². The van der Waals surface area contributed by atoms with Crippen LogP contribution in [0, 0.1) is 12.8 Å². The third-order valence-electron chi connectivity index (χ3n) is 7.16. The first kappa shape index (κ1) is 22.0. The SMILES string of the molecule is COCCOC1C=CC2=C(C1)CN(C(=O)c1cc3c(C(=O)C4CCCC4)n[nH]c3cc1C)C2. The third-order valence-corrected chi connectivity index (χ3v) is 7.16. The second-order valence-electron chi connectivity index (χ2n) is 9.39. The quantitative estimate of drug-likeness (QED) is 0.510. The first-order chi connectivity index (χ1) is 16.0. The van der Waals surface area contributed by atoms with E-state index in [1.807, 2.05) is 24.0 Å². The lowest BCUT2D eigenvalue weighted by Gasteiger charge is -2.19. The number of hydrogen-bond acceptors (Lipinski definition) is 5. The van der Waals surface area contributed by atoms with E-state index in [2.05, 4.69) is 22.3 Å². The van der Waals surface area contributed by atoms with E-state index in [0.717, 1.165) is 48.6 Å². The molecule has 3 aliphatic rings. The van der Waals surface area contributed by atoms with Crippen molar-refractivity contribution in [1.82, 2.24) is 15.1 Å². The molecule has 1 saturated carbocycles. The Morgan fingerprint density at radius 2 is 2.00 bits per heavy atom. The summed E-state index contributed by atoms with van der Waals surface area (Å²) >= 11 is 0. The second kappa shape index (κ2) is 9.23. The summed E-state index contributed by atoms with van der Waals surface area (Å²) in [6.45, 7) is 4.28. The Hall–Kier alpha value is -2.77. The van der Waals surface area contributed by atoms with Crippen molar-refractivity contribution in [2.75, 3.05) is 33.4 Å². The van der Waals surface area contributed by atoms with Gasteiger partial charge < -0.3 is 14.4 Å². The number of benzene rings is 1. The van der Waals surface area contributed by atoms with Gasteiger partial charge in [-0.25, -0.2) is 0 Å². The molecular weight excluding hydrogens is 418 g/mol. The highest BCUT2D eigenvalue weighted by molar-refractivity contribution is 6.09. The molecule has 0 spiro atoms. The van der Waals surface area contributed by atoms with Crippen LogP contribution >= 0.6 is 0 Å². The van der Waals surface area contributed by atoms with E-state index in [1.54, 1.807) is 7.11 Å². The molecule has 33 heavy (non-hydrogen) atoms. The Bertz CT molecular complexity index is 1140. The summed E-state index contributed by atoms with van der Waals surface area (Å²) in [5.74, 6) is 0.149. The van der Waals surface area contributed by atoms with Gasteiger partial charge in [0.2, 0.25) is 0 Å². The predicted octanol–water partition coefficient (Wildman–Crippen LogP) is 3.99. The van der Waals surface area contributed by atoms with Gasteiger partial charge in [-0.15, -0.1) is 0 Å². The highest BCUT2D eigenvalue weighted by Gasteiger charge is 2.31. The molecule has 1 aromatic heterocycles. The van der Waals surface area contributed by atoms with Gasteiger partial charge in [0.15, 0.2) is 5.78 Å². The summed E-state index contributed by atoms with van der Waals surface area (Å²) in [5, 5.41) is 8.09. The van der Waals surface area contributed by atoms with Crippen LogP contribution in [0.5, 0.6) is 0 Å². The minimum Gasteiger partial charge on any atom is -0.382 e. The Kier molecular flexibility index (Phi) is 6.17. The van der Waals surface area contributed by atoms with E-state index in [0.29, 0.717) is 37.6 Å². The number of Topliss-reactive ketones (excluding diaryl/α,β-unsaturated/α-hetero) is 1. The van der Waals surface area contributed by atoms with E-state index in [1.165, 1.54) is 11.1 Å². The standard InChI is InChI=1S/C26H31N3O4/c1-16-11-23-22(24(28-27-23)25(30)17-5-3-4-6-17)13-21(16)26(31)29-14-18-7-8-20(12-19(18)15-29)33-10-9-32-2/h7-8,11,13,17,20H,3-6,9-10,12,14-15H2,1-2H3,(H,27,28). The zero-order chi connectivity index (χ0) is 22.9. The van der Waals surface area contributed by atoms with E-state index in [-0.39, 0.29) is 23.7 Å². The van der Waals surface area contributed by atoms with Crippen LogP contribution in [0.25, 0.3) is 10.9 Å². The van der Waals surface area contributed by atoms with Crippen molar-refractivity contribution in [3.05, 3.63) is 52.3 Å². The average molecular weight is 450 g/mol. The molecule has 7 heteroatoms. The van der Waals surface area contributed by atoms with Gasteiger partial charge in [-0.3, -0.25) is 14.7 Å². The summed E-state index contributed by atoms with van der Waals surface area (Å²) in [6, 6.07) is 3.80. The zero-order valence-electron chi connectivity index (χ0n) is 19.4. The van der Waals surface area contributed by atoms with Crippen molar-refractivity contribution in [2.24, 2.45) is 5.92 Å². The molecule has 0 radical (unpaired) electrons. The number of aromatic amines is 1. The van der Waals surface area contributed by atoms with E-state index >= 15 is 0 Å². The molecule has 1 aliphatic heterocycles. The lowest BCUT2D eigenvalue weighted by molar-refractivity contribution is 0.0389. The first-order valence-corrected chi connectivity index (χ1v) is 11.9. The average Bonchev–Trinajstić information content (AvgIpc) is 3.56. The van der Waals surface area contributed by atoms with E-state index in [4.69, 9.17) is 9.47 Å². The van der Waals surface area contributed by atoms with Crippen LogP contribution in [0.1, 0.15) is 58.5 Å². The normalized spacial score (nSPS) is 20.8. The number of methoxy groups -OCH3 is 1. The number of ketones is 1. The number of carbonyl (C=O) groups excluding carboxylic acids is 2. The van der Waals surface area contributed by atoms with Crippen LogP contribution < -0.4 is 0 Å². The number of amides is 1. The van der Waals surface area contributed by atoms with Gasteiger partial charge in [0, 0.05) is 43.5 Å². The van der Waals surface area contributed by atoms with Gasteiger partial charge in [-0.05, 0) is 48.6 Å². The largest absolute Gasteiger partial charge is 0.382 e.